The Balaban J connectivity index is 1.34. The van der Waals surface area contributed by atoms with Crippen molar-refractivity contribution in [3.63, 3.8) is 0 Å². The van der Waals surface area contributed by atoms with Gasteiger partial charge in [0.2, 0.25) is 10.0 Å². The minimum absolute atomic E-state index is 0.0591. The van der Waals surface area contributed by atoms with Crippen molar-refractivity contribution in [3.05, 3.63) is 60.4 Å². The minimum atomic E-state index is -3.79. The van der Waals surface area contributed by atoms with E-state index in [1.54, 1.807) is 30.3 Å². The summed E-state index contributed by atoms with van der Waals surface area (Å²) in [5.74, 6) is 0.146. The zero-order valence-electron chi connectivity index (χ0n) is 17.1. The Hall–Kier alpha value is -2.04. The van der Waals surface area contributed by atoms with Crippen molar-refractivity contribution in [2.75, 3.05) is 32.7 Å². The molecule has 4 rings (SSSR count). The second kappa shape index (κ2) is 8.84. The zero-order valence-corrected chi connectivity index (χ0v) is 17.9. The molecule has 31 heavy (non-hydrogen) atoms. The summed E-state index contributed by atoms with van der Waals surface area (Å²) in [6.07, 6.45) is 0.145. The van der Waals surface area contributed by atoms with Crippen molar-refractivity contribution in [1.82, 2.24) is 9.21 Å². The summed E-state index contributed by atoms with van der Waals surface area (Å²) >= 11 is 0. The van der Waals surface area contributed by atoms with Crippen LogP contribution in [0.5, 0.6) is 5.75 Å². The highest BCUT2D eigenvalue weighted by Crippen LogP contribution is 2.30. The summed E-state index contributed by atoms with van der Waals surface area (Å²) in [4.78, 5) is 2.15. The van der Waals surface area contributed by atoms with Crippen LogP contribution < -0.4 is 4.74 Å². The fourth-order valence-electron chi connectivity index (χ4n) is 4.22. The number of rotatable bonds is 6. The van der Waals surface area contributed by atoms with E-state index in [1.165, 1.54) is 24.3 Å². The van der Waals surface area contributed by atoms with Crippen LogP contribution in [0.4, 0.5) is 4.39 Å². The number of hydrogen-bond acceptors (Lipinski definition) is 6. The maximum absolute atomic E-state index is 13.3. The van der Waals surface area contributed by atoms with Crippen LogP contribution in [0.25, 0.3) is 0 Å². The van der Waals surface area contributed by atoms with Gasteiger partial charge < -0.3 is 19.8 Å². The highest BCUT2D eigenvalue weighted by Gasteiger charge is 2.49. The van der Waals surface area contributed by atoms with Gasteiger partial charge in [-0.2, -0.15) is 4.31 Å². The van der Waals surface area contributed by atoms with E-state index in [0.29, 0.717) is 31.7 Å². The first-order valence-electron chi connectivity index (χ1n) is 10.4. The Labute approximate surface area is 181 Å². The third kappa shape index (κ3) is 4.91. The fraction of sp³-hybridized carbons (Fsp3) is 0.455. The number of halogens is 1. The molecule has 2 aliphatic rings. The predicted octanol–water partition coefficient (Wildman–Crippen LogP) is 1.47. The number of nitrogens with zero attached hydrogens (tertiary/aromatic N) is 2. The molecule has 0 aliphatic carbocycles. The Kier molecular flexibility index (Phi) is 6.32. The lowest BCUT2D eigenvalue weighted by atomic mass is 9.97. The van der Waals surface area contributed by atoms with Gasteiger partial charge in [-0.3, -0.25) is 0 Å². The molecular weight excluding hydrogens is 423 g/mol. The number of benzene rings is 2. The molecule has 0 saturated carbocycles. The van der Waals surface area contributed by atoms with Crippen LogP contribution in [0, 0.1) is 5.82 Å². The van der Waals surface area contributed by atoms with Crippen LogP contribution in [-0.4, -0.2) is 78.4 Å². The Morgan fingerprint density at radius 2 is 1.81 bits per heavy atom. The average Bonchev–Trinajstić information content (AvgIpc) is 3.05. The SMILES string of the molecule is O=S(=O)(c1ccccc1)N1C[C@@H](O)[C@](O)(CN2CCC(Oc3cccc(F)c3)CC2)C1. The number of hydrogen-bond donors (Lipinski definition) is 2. The van der Waals surface area contributed by atoms with E-state index in [-0.39, 0.29) is 36.5 Å². The molecule has 2 aromatic rings. The maximum atomic E-state index is 13.3. The number of β-amino-alcohol motifs (C(OH)–C–C–N with tert-alkyl or cyclic N) is 2. The molecule has 0 aromatic heterocycles. The molecule has 9 heteroatoms. The highest BCUT2D eigenvalue weighted by atomic mass is 32.2. The predicted molar refractivity (Wildman–Crippen MR) is 113 cm³/mol. The largest absolute Gasteiger partial charge is 0.490 e. The van der Waals surface area contributed by atoms with Crippen LogP contribution >= 0.6 is 0 Å². The molecule has 2 heterocycles. The number of aliphatic hydroxyl groups is 2. The Morgan fingerprint density at radius 3 is 2.48 bits per heavy atom. The molecule has 2 aromatic carbocycles. The van der Waals surface area contributed by atoms with Crippen molar-refractivity contribution in [2.24, 2.45) is 0 Å². The summed E-state index contributed by atoms with van der Waals surface area (Å²) < 4.78 is 46.0. The number of piperidine rings is 1. The summed E-state index contributed by atoms with van der Waals surface area (Å²) in [6, 6.07) is 14.1. The average molecular weight is 451 g/mol. The summed E-state index contributed by atoms with van der Waals surface area (Å²) in [7, 11) is -3.79. The molecule has 2 N–H and O–H groups in total. The van der Waals surface area contributed by atoms with Gasteiger partial charge in [0.1, 0.15) is 23.3 Å². The molecular formula is C22H27FN2O5S. The molecule has 7 nitrogen and oxygen atoms in total. The standard InChI is InChI=1S/C22H27FN2O5S/c23-17-5-4-6-19(13-17)30-18-9-11-24(12-10-18)15-22(27)16-25(14-21(22)26)31(28,29)20-7-2-1-3-8-20/h1-8,13,18,21,26-27H,9-12,14-16H2/t21-,22+/m1/s1. The first-order valence-corrected chi connectivity index (χ1v) is 11.8. The summed E-state index contributed by atoms with van der Waals surface area (Å²) in [5, 5.41) is 21.5. The van der Waals surface area contributed by atoms with E-state index in [0.717, 1.165) is 4.31 Å². The molecule has 2 aliphatic heterocycles. The van der Waals surface area contributed by atoms with Crippen LogP contribution in [-0.2, 0) is 10.0 Å². The summed E-state index contributed by atoms with van der Waals surface area (Å²) in [6.45, 7) is 1.11. The molecule has 0 spiro atoms. The van der Waals surface area contributed by atoms with Gasteiger partial charge in [0.15, 0.2) is 0 Å². The Bertz CT molecular complexity index is 998. The molecule has 0 unspecified atom stereocenters. The molecule has 0 radical (unpaired) electrons. The van der Waals surface area contributed by atoms with Gasteiger partial charge in [-0.05, 0) is 37.1 Å². The van der Waals surface area contributed by atoms with E-state index >= 15 is 0 Å². The number of likely N-dealkylation sites (tertiary alicyclic amines) is 1. The van der Waals surface area contributed by atoms with Gasteiger partial charge in [-0.15, -0.1) is 0 Å². The molecule has 2 atom stereocenters. The minimum Gasteiger partial charge on any atom is -0.490 e. The smallest absolute Gasteiger partial charge is 0.243 e. The normalized spacial score (nSPS) is 26.2. The van der Waals surface area contributed by atoms with E-state index in [9.17, 15) is 23.0 Å². The lowest BCUT2D eigenvalue weighted by molar-refractivity contribution is -0.0672. The van der Waals surface area contributed by atoms with Crippen LogP contribution in [0.15, 0.2) is 59.5 Å². The number of sulfonamides is 1. The van der Waals surface area contributed by atoms with Crippen molar-refractivity contribution < 1.29 is 27.8 Å². The van der Waals surface area contributed by atoms with Gasteiger partial charge in [0, 0.05) is 38.8 Å². The van der Waals surface area contributed by atoms with E-state index in [1.807, 2.05) is 4.90 Å². The van der Waals surface area contributed by atoms with Gasteiger partial charge >= 0.3 is 0 Å². The zero-order chi connectivity index (χ0) is 22.1. The second-order valence-electron chi connectivity index (χ2n) is 8.28. The molecule has 2 fully saturated rings. The van der Waals surface area contributed by atoms with Crippen LogP contribution in [0.1, 0.15) is 12.8 Å². The molecule has 0 bridgehead atoms. The molecule has 168 valence electrons. The van der Waals surface area contributed by atoms with Crippen molar-refractivity contribution >= 4 is 10.0 Å². The van der Waals surface area contributed by atoms with Crippen molar-refractivity contribution in [2.45, 2.75) is 35.5 Å². The van der Waals surface area contributed by atoms with Crippen LogP contribution in [0.2, 0.25) is 0 Å². The molecule has 2 saturated heterocycles. The number of ether oxygens (including phenoxy) is 1. The van der Waals surface area contributed by atoms with Crippen LogP contribution in [0.3, 0.4) is 0 Å². The van der Waals surface area contributed by atoms with Crippen molar-refractivity contribution in [3.8, 4) is 5.75 Å². The van der Waals surface area contributed by atoms with E-state index < -0.39 is 21.7 Å². The second-order valence-corrected chi connectivity index (χ2v) is 10.2. The first kappa shape index (κ1) is 22.2. The van der Waals surface area contributed by atoms with E-state index in [2.05, 4.69) is 0 Å². The number of aliphatic hydroxyl groups excluding tert-OH is 1. The van der Waals surface area contributed by atoms with Gasteiger partial charge in [0.25, 0.3) is 0 Å². The van der Waals surface area contributed by atoms with Crippen molar-refractivity contribution in [1.29, 1.82) is 0 Å². The highest BCUT2D eigenvalue weighted by molar-refractivity contribution is 7.89. The van der Waals surface area contributed by atoms with E-state index in [4.69, 9.17) is 4.74 Å². The van der Waals surface area contributed by atoms with Gasteiger partial charge in [-0.1, -0.05) is 24.3 Å². The van der Waals surface area contributed by atoms with Gasteiger partial charge in [-0.25, -0.2) is 12.8 Å². The monoisotopic (exact) mass is 450 g/mol. The Morgan fingerprint density at radius 1 is 1.10 bits per heavy atom. The first-order chi connectivity index (χ1) is 14.8. The lowest BCUT2D eigenvalue weighted by Crippen LogP contribution is -2.53. The third-order valence-corrected chi connectivity index (χ3v) is 7.78. The lowest BCUT2D eigenvalue weighted by Gasteiger charge is -2.37. The maximum Gasteiger partial charge on any atom is 0.243 e. The summed E-state index contributed by atoms with van der Waals surface area (Å²) in [5.41, 5.74) is -1.54. The fourth-order valence-corrected chi connectivity index (χ4v) is 5.75. The quantitative estimate of drug-likeness (QED) is 0.693. The van der Waals surface area contributed by atoms with Gasteiger partial charge in [0.05, 0.1) is 11.0 Å². The topological polar surface area (TPSA) is 90.3 Å². The molecule has 0 amide bonds. The third-order valence-electron chi connectivity index (χ3n) is 5.96.